The fourth-order valence-corrected chi connectivity index (χ4v) is 3.26. The number of likely N-dealkylation sites (tertiary alicyclic amines) is 2. The third-order valence-corrected chi connectivity index (χ3v) is 4.37. The fourth-order valence-electron chi connectivity index (χ4n) is 3.26. The quantitative estimate of drug-likeness (QED) is 0.814. The second-order valence-electron chi connectivity index (χ2n) is 5.58. The molecule has 0 aromatic rings. The summed E-state index contributed by atoms with van der Waals surface area (Å²) in [6.07, 6.45) is 5.59. The third-order valence-electron chi connectivity index (χ3n) is 4.37. The van der Waals surface area contributed by atoms with Gasteiger partial charge in [0.1, 0.15) is 0 Å². The van der Waals surface area contributed by atoms with Crippen molar-refractivity contribution >= 4 is 5.91 Å². The van der Waals surface area contributed by atoms with Gasteiger partial charge in [0.2, 0.25) is 5.91 Å². The van der Waals surface area contributed by atoms with Crippen molar-refractivity contribution in [2.45, 2.75) is 51.1 Å². The van der Waals surface area contributed by atoms with Crippen molar-refractivity contribution in [1.29, 1.82) is 0 Å². The Morgan fingerprint density at radius 1 is 1.22 bits per heavy atom. The molecule has 2 rings (SSSR count). The molecule has 0 aromatic heterocycles. The zero-order valence-electron chi connectivity index (χ0n) is 11.8. The molecule has 0 saturated carbocycles. The van der Waals surface area contributed by atoms with Gasteiger partial charge in [-0.2, -0.15) is 0 Å². The van der Waals surface area contributed by atoms with Gasteiger partial charge in [-0.05, 0) is 52.2 Å². The second-order valence-corrected chi connectivity index (χ2v) is 5.58. The van der Waals surface area contributed by atoms with E-state index in [4.69, 9.17) is 0 Å². The minimum Gasteiger partial charge on any atom is -0.341 e. The topological polar surface area (TPSA) is 35.6 Å². The normalized spacial score (nSPS) is 26.8. The molecule has 1 atom stereocenters. The Kier molecular flexibility index (Phi) is 5.01. The Morgan fingerprint density at radius 2 is 1.94 bits per heavy atom. The number of piperidine rings is 1. The smallest absolute Gasteiger partial charge is 0.239 e. The van der Waals surface area contributed by atoms with Crippen LogP contribution in [0.25, 0.3) is 0 Å². The van der Waals surface area contributed by atoms with Gasteiger partial charge in [-0.25, -0.2) is 0 Å². The molecule has 1 amide bonds. The Labute approximate surface area is 111 Å². The molecule has 2 saturated heterocycles. The SMILES string of the molecule is CCCN1CCCC1C(=O)N1CCC(NC)CC1. The summed E-state index contributed by atoms with van der Waals surface area (Å²) < 4.78 is 0. The third kappa shape index (κ3) is 3.04. The highest BCUT2D eigenvalue weighted by molar-refractivity contribution is 5.82. The van der Waals surface area contributed by atoms with Gasteiger partial charge in [-0.1, -0.05) is 6.92 Å². The minimum absolute atomic E-state index is 0.177. The van der Waals surface area contributed by atoms with Crippen molar-refractivity contribution < 1.29 is 4.79 Å². The van der Waals surface area contributed by atoms with E-state index >= 15 is 0 Å². The van der Waals surface area contributed by atoms with E-state index in [0.29, 0.717) is 11.9 Å². The average molecular weight is 253 g/mol. The van der Waals surface area contributed by atoms with Gasteiger partial charge in [0, 0.05) is 19.1 Å². The number of nitrogens with one attached hydrogen (secondary N) is 1. The van der Waals surface area contributed by atoms with Gasteiger partial charge < -0.3 is 10.2 Å². The van der Waals surface area contributed by atoms with Crippen molar-refractivity contribution in [3.63, 3.8) is 0 Å². The fraction of sp³-hybridized carbons (Fsp3) is 0.929. The number of amides is 1. The molecule has 104 valence electrons. The van der Waals surface area contributed by atoms with E-state index in [1.807, 2.05) is 7.05 Å². The Hall–Kier alpha value is -0.610. The highest BCUT2D eigenvalue weighted by atomic mass is 16.2. The molecule has 18 heavy (non-hydrogen) atoms. The molecule has 4 nitrogen and oxygen atoms in total. The average Bonchev–Trinajstić information content (AvgIpc) is 2.87. The summed E-state index contributed by atoms with van der Waals surface area (Å²) >= 11 is 0. The van der Waals surface area contributed by atoms with Crippen molar-refractivity contribution in [1.82, 2.24) is 15.1 Å². The molecular weight excluding hydrogens is 226 g/mol. The Morgan fingerprint density at radius 3 is 2.56 bits per heavy atom. The first-order chi connectivity index (χ1) is 8.76. The van der Waals surface area contributed by atoms with E-state index in [2.05, 4.69) is 22.0 Å². The minimum atomic E-state index is 0.177. The van der Waals surface area contributed by atoms with Crippen LogP contribution in [0.2, 0.25) is 0 Å². The molecule has 0 spiro atoms. The highest BCUT2D eigenvalue weighted by Gasteiger charge is 2.34. The van der Waals surface area contributed by atoms with E-state index in [9.17, 15) is 4.79 Å². The lowest BCUT2D eigenvalue weighted by Gasteiger charge is -2.35. The van der Waals surface area contributed by atoms with Gasteiger partial charge in [0.15, 0.2) is 0 Å². The number of nitrogens with zero attached hydrogens (tertiary/aromatic N) is 2. The summed E-state index contributed by atoms with van der Waals surface area (Å²) in [6, 6.07) is 0.778. The Bertz CT molecular complexity index is 274. The summed E-state index contributed by atoms with van der Waals surface area (Å²) in [4.78, 5) is 17.0. The lowest BCUT2D eigenvalue weighted by molar-refractivity contribution is -0.137. The first-order valence-electron chi connectivity index (χ1n) is 7.46. The standard InChI is InChI=1S/C14H27N3O/c1-3-8-16-9-4-5-13(16)14(18)17-10-6-12(15-2)7-11-17/h12-13,15H,3-11H2,1-2H3. The van der Waals surface area contributed by atoms with Crippen LogP contribution in [0.15, 0.2) is 0 Å². The van der Waals surface area contributed by atoms with Gasteiger partial charge in [0.05, 0.1) is 6.04 Å². The van der Waals surface area contributed by atoms with Crippen molar-refractivity contribution in [2.24, 2.45) is 0 Å². The summed E-state index contributed by atoms with van der Waals surface area (Å²) in [6.45, 7) is 6.24. The van der Waals surface area contributed by atoms with Crippen LogP contribution in [0.5, 0.6) is 0 Å². The summed E-state index contributed by atoms with van der Waals surface area (Å²) in [5.74, 6) is 0.385. The van der Waals surface area contributed by atoms with Crippen LogP contribution in [0, 0.1) is 0 Å². The van der Waals surface area contributed by atoms with Crippen molar-refractivity contribution in [2.75, 3.05) is 33.2 Å². The van der Waals surface area contributed by atoms with E-state index in [1.54, 1.807) is 0 Å². The molecule has 2 fully saturated rings. The van der Waals surface area contributed by atoms with Crippen LogP contribution in [0.3, 0.4) is 0 Å². The predicted molar refractivity (Wildman–Crippen MR) is 73.5 cm³/mol. The number of rotatable bonds is 4. The molecule has 2 heterocycles. The zero-order chi connectivity index (χ0) is 13.0. The summed E-state index contributed by atoms with van der Waals surface area (Å²) in [5.41, 5.74) is 0. The Balaban J connectivity index is 1.87. The number of hydrogen-bond donors (Lipinski definition) is 1. The number of carbonyl (C=O) groups is 1. The van der Waals surface area contributed by atoms with Gasteiger partial charge in [0.25, 0.3) is 0 Å². The molecule has 2 aliphatic heterocycles. The molecule has 2 aliphatic rings. The monoisotopic (exact) mass is 253 g/mol. The van der Waals surface area contributed by atoms with Crippen LogP contribution in [0.1, 0.15) is 39.0 Å². The van der Waals surface area contributed by atoms with Crippen molar-refractivity contribution in [3.05, 3.63) is 0 Å². The van der Waals surface area contributed by atoms with Crippen LogP contribution in [-0.4, -0.2) is 61.0 Å². The largest absolute Gasteiger partial charge is 0.341 e. The maximum atomic E-state index is 12.5. The zero-order valence-corrected chi connectivity index (χ0v) is 11.8. The van der Waals surface area contributed by atoms with Crippen LogP contribution in [0.4, 0.5) is 0 Å². The van der Waals surface area contributed by atoms with E-state index in [-0.39, 0.29) is 6.04 Å². The summed E-state index contributed by atoms with van der Waals surface area (Å²) in [5, 5.41) is 3.31. The molecule has 0 aromatic carbocycles. The van der Waals surface area contributed by atoms with Crippen LogP contribution in [-0.2, 0) is 4.79 Å². The molecule has 1 N–H and O–H groups in total. The number of carbonyl (C=O) groups excluding carboxylic acids is 1. The second kappa shape index (κ2) is 6.53. The van der Waals surface area contributed by atoms with Gasteiger partial charge in [-0.3, -0.25) is 9.69 Å². The number of hydrogen-bond acceptors (Lipinski definition) is 3. The van der Waals surface area contributed by atoms with E-state index in [1.165, 1.54) is 6.42 Å². The molecule has 4 heteroatoms. The van der Waals surface area contributed by atoms with Crippen LogP contribution < -0.4 is 5.32 Å². The molecule has 0 aliphatic carbocycles. The molecule has 1 unspecified atom stereocenters. The van der Waals surface area contributed by atoms with Crippen LogP contribution >= 0.6 is 0 Å². The lowest BCUT2D eigenvalue weighted by atomic mass is 10.0. The lowest BCUT2D eigenvalue weighted by Crippen LogP contribution is -2.50. The van der Waals surface area contributed by atoms with E-state index in [0.717, 1.165) is 51.9 Å². The maximum Gasteiger partial charge on any atom is 0.239 e. The first-order valence-corrected chi connectivity index (χ1v) is 7.46. The molecule has 0 bridgehead atoms. The summed E-state index contributed by atoms with van der Waals surface area (Å²) in [7, 11) is 2.02. The van der Waals surface area contributed by atoms with Gasteiger partial charge >= 0.3 is 0 Å². The molecule has 0 radical (unpaired) electrons. The van der Waals surface area contributed by atoms with Gasteiger partial charge in [-0.15, -0.1) is 0 Å². The predicted octanol–water partition coefficient (Wildman–Crippen LogP) is 1.07. The molecular formula is C14H27N3O. The highest BCUT2D eigenvalue weighted by Crippen LogP contribution is 2.21. The van der Waals surface area contributed by atoms with Crippen molar-refractivity contribution in [3.8, 4) is 0 Å². The van der Waals surface area contributed by atoms with E-state index < -0.39 is 0 Å². The first kappa shape index (κ1) is 13.8. The maximum absolute atomic E-state index is 12.5.